The first-order chi connectivity index (χ1) is 6.58. The summed E-state index contributed by atoms with van der Waals surface area (Å²) in [6, 6.07) is 0. The van der Waals surface area contributed by atoms with Crippen molar-refractivity contribution in [3.8, 4) is 0 Å². The second kappa shape index (κ2) is 3.09. The van der Waals surface area contributed by atoms with Gasteiger partial charge < -0.3 is 5.11 Å². The Kier molecular flexibility index (Phi) is 2.03. The van der Waals surface area contributed by atoms with Gasteiger partial charge in [-0.05, 0) is 13.8 Å². The van der Waals surface area contributed by atoms with E-state index in [2.05, 4.69) is 4.98 Å². The van der Waals surface area contributed by atoms with Gasteiger partial charge >= 0.3 is 5.97 Å². The molecule has 0 saturated carbocycles. The third kappa shape index (κ3) is 1.39. The fourth-order valence-electron chi connectivity index (χ4n) is 1.34. The van der Waals surface area contributed by atoms with E-state index in [0.29, 0.717) is 5.69 Å². The van der Waals surface area contributed by atoms with E-state index >= 15 is 0 Å². The van der Waals surface area contributed by atoms with Gasteiger partial charge in [-0.3, -0.25) is 9.20 Å². The molecule has 0 spiro atoms. The largest absolute Gasteiger partial charge is 0.481 e. The smallest absolute Gasteiger partial charge is 0.309 e. The number of hydrogen-bond acceptors (Lipinski definition) is 3. The molecule has 2 heterocycles. The number of imidazole rings is 1. The van der Waals surface area contributed by atoms with E-state index in [-0.39, 0.29) is 6.42 Å². The van der Waals surface area contributed by atoms with E-state index in [4.69, 9.17) is 5.11 Å². The van der Waals surface area contributed by atoms with Gasteiger partial charge in [-0.25, -0.2) is 4.98 Å². The average molecular weight is 210 g/mol. The molecule has 0 fully saturated rings. The molecule has 5 heteroatoms. The van der Waals surface area contributed by atoms with Gasteiger partial charge in [0.25, 0.3) is 0 Å². The normalized spacial score (nSPS) is 11.0. The number of fused-ring (bicyclic) bond motifs is 1. The maximum atomic E-state index is 10.5. The summed E-state index contributed by atoms with van der Waals surface area (Å²) in [6.07, 6.45) is 1.79. The molecule has 2 aromatic heterocycles. The molecule has 0 aliphatic rings. The zero-order valence-corrected chi connectivity index (χ0v) is 8.76. The number of hydrogen-bond donors (Lipinski definition) is 1. The molecule has 0 aliphatic heterocycles. The van der Waals surface area contributed by atoms with Gasteiger partial charge in [0, 0.05) is 16.8 Å². The Morgan fingerprint density at radius 3 is 2.93 bits per heavy atom. The van der Waals surface area contributed by atoms with Gasteiger partial charge in [0.1, 0.15) is 0 Å². The van der Waals surface area contributed by atoms with Crippen LogP contribution < -0.4 is 0 Å². The van der Waals surface area contributed by atoms with E-state index in [1.54, 1.807) is 17.5 Å². The van der Waals surface area contributed by atoms with Gasteiger partial charge in [0.15, 0.2) is 4.96 Å². The van der Waals surface area contributed by atoms with Crippen molar-refractivity contribution >= 4 is 22.3 Å². The molecule has 0 radical (unpaired) electrons. The van der Waals surface area contributed by atoms with Crippen LogP contribution in [0.2, 0.25) is 0 Å². The average Bonchev–Trinajstić information content (AvgIpc) is 2.54. The number of carbonyl (C=O) groups is 1. The van der Waals surface area contributed by atoms with Crippen molar-refractivity contribution in [2.24, 2.45) is 0 Å². The molecule has 0 aromatic carbocycles. The lowest BCUT2D eigenvalue weighted by Crippen LogP contribution is -1.99. The number of nitrogens with zero attached hydrogens (tertiary/aromatic N) is 2. The predicted octanol–water partition coefficient (Wildman–Crippen LogP) is 1.64. The highest BCUT2D eigenvalue weighted by molar-refractivity contribution is 7.17. The lowest BCUT2D eigenvalue weighted by atomic mass is 10.3. The second-order valence-electron chi connectivity index (χ2n) is 3.20. The summed E-state index contributed by atoms with van der Waals surface area (Å²) in [7, 11) is 0. The Morgan fingerprint density at radius 2 is 2.36 bits per heavy atom. The molecule has 0 saturated heterocycles. The SMILES string of the molecule is Cc1sc2nc(CC(=O)O)cn2c1C. The highest BCUT2D eigenvalue weighted by Gasteiger charge is 2.10. The molecule has 2 aromatic rings. The summed E-state index contributed by atoms with van der Waals surface area (Å²) in [5.74, 6) is -0.842. The van der Waals surface area contributed by atoms with Gasteiger partial charge in [0.05, 0.1) is 12.1 Å². The van der Waals surface area contributed by atoms with E-state index in [0.717, 1.165) is 10.7 Å². The van der Waals surface area contributed by atoms with Crippen LogP contribution in [0.25, 0.3) is 4.96 Å². The van der Waals surface area contributed by atoms with Crippen LogP contribution in [0.5, 0.6) is 0 Å². The summed E-state index contributed by atoms with van der Waals surface area (Å²) >= 11 is 1.59. The van der Waals surface area contributed by atoms with Gasteiger partial charge in [-0.2, -0.15) is 0 Å². The minimum absolute atomic E-state index is 0.00706. The molecule has 2 rings (SSSR count). The number of aryl methyl sites for hydroxylation is 2. The number of carboxylic acid groups (broad SMARTS) is 1. The third-order valence-electron chi connectivity index (χ3n) is 2.17. The van der Waals surface area contributed by atoms with E-state index in [1.165, 1.54) is 4.88 Å². The fourth-order valence-corrected chi connectivity index (χ4v) is 2.31. The van der Waals surface area contributed by atoms with Crippen LogP contribution >= 0.6 is 11.3 Å². The topological polar surface area (TPSA) is 54.6 Å². The van der Waals surface area contributed by atoms with Crippen LogP contribution in [0.15, 0.2) is 6.20 Å². The van der Waals surface area contributed by atoms with Crippen LogP contribution in [-0.2, 0) is 11.2 Å². The predicted molar refractivity (Wildman–Crippen MR) is 53.9 cm³/mol. The first-order valence-corrected chi connectivity index (χ1v) is 5.05. The van der Waals surface area contributed by atoms with Gasteiger partial charge in [0.2, 0.25) is 0 Å². The Morgan fingerprint density at radius 1 is 1.64 bits per heavy atom. The van der Waals surface area contributed by atoms with E-state index in [9.17, 15) is 4.79 Å². The second-order valence-corrected chi connectivity index (χ2v) is 4.38. The Bertz CT molecular complexity index is 498. The van der Waals surface area contributed by atoms with Crippen LogP contribution in [0.1, 0.15) is 16.3 Å². The Labute approximate surface area is 84.8 Å². The first kappa shape index (κ1) is 9.21. The zero-order valence-electron chi connectivity index (χ0n) is 7.94. The molecular weight excluding hydrogens is 200 g/mol. The van der Waals surface area contributed by atoms with Crippen molar-refractivity contribution < 1.29 is 9.90 Å². The van der Waals surface area contributed by atoms with Crippen LogP contribution in [-0.4, -0.2) is 20.5 Å². The minimum atomic E-state index is -0.842. The number of rotatable bonds is 2. The lowest BCUT2D eigenvalue weighted by molar-refractivity contribution is -0.136. The molecule has 0 atom stereocenters. The summed E-state index contributed by atoms with van der Waals surface area (Å²) in [5.41, 5.74) is 1.75. The van der Waals surface area contributed by atoms with Crippen LogP contribution in [0.4, 0.5) is 0 Å². The van der Waals surface area contributed by atoms with Crippen LogP contribution in [0.3, 0.4) is 0 Å². The molecule has 0 unspecified atom stereocenters. The van der Waals surface area contributed by atoms with Crippen molar-refractivity contribution in [2.45, 2.75) is 20.3 Å². The monoisotopic (exact) mass is 210 g/mol. The Balaban J connectivity index is 2.48. The summed E-state index contributed by atoms with van der Waals surface area (Å²) in [4.78, 5) is 16.8. The molecule has 0 bridgehead atoms. The summed E-state index contributed by atoms with van der Waals surface area (Å²) in [5, 5.41) is 8.61. The van der Waals surface area contributed by atoms with Crippen molar-refractivity contribution in [2.75, 3.05) is 0 Å². The maximum Gasteiger partial charge on any atom is 0.309 e. The number of aromatic nitrogens is 2. The van der Waals surface area contributed by atoms with Crippen LogP contribution in [0, 0.1) is 13.8 Å². The minimum Gasteiger partial charge on any atom is -0.481 e. The lowest BCUT2D eigenvalue weighted by Gasteiger charge is -1.89. The summed E-state index contributed by atoms with van der Waals surface area (Å²) < 4.78 is 1.94. The van der Waals surface area contributed by atoms with E-state index < -0.39 is 5.97 Å². The highest BCUT2D eigenvalue weighted by atomic mass is 32.1. The van der Waals surface area contributed by atoms with Crippen molar-refractivity contribution in [3.63, 3.8) is 0 Å². The van der Waals surface area contributed by atoms with Gasteiger partial charge in [-0.1, -0.05) is 0 Å². The third-order valence-corrected chi connectivity index (χ3v) is 3.24. The molecule has 0 amide bonds. The molecule has 4 nitrogen and oxygen atoms in total. The molecule has 0 aliphatic carbocycles. The summed E-state index contributed by atoms with van der Waals surface area (Å²) in [6.45, 7) is 4.04. The van der Waals surface area contributed by atoms with E-state index in [1.807, 2.05) is 18.2 Å². The standard InChI is InChI=1S/C9H10N2O2S/c1-5-6(2)14-9-10-7(3-8(12)13)4-11(5)9/h4H,3H2,1-2H3,(H,12,13). The fraction of sp³-hybridized carbons (Fsp3) is 0.333. The zero-order chi connectivity index (χ0) is 10.3. The highest BCUT2D eigenvalue weighted by Crippen LogP contribution is 2.21. The molecular formula is C9H10N2O2S. The Hall–Kier alpha value is -1.36. The number of carboxylic acids is 1. The molecule has 1 N–H and O–H groups in total. The first-order valence-electron chi connectivity index (χ1n) is 4.23. The molecule has 14 heavy (non-hydrogen) atoms. The van der Waals surface area contributed by atoms with Gasteiger partial charge in [-0.15, -0.1) is 11.3 Å². The molecule has 74 valence electrons. The number of thiazole rings is 1. The quantitative estimate of drug-likeness (QED) is 0.819. The number of aliphatic carboxylic acids is 1. The van der Waals surface area contributed by atoms with Crippen molar-refractivity contribution in [3.05, 3.63) is 22.5 Å². The maximum absolute atomic E-state index is 10.5. The van der Waals surface area contributed by atoms with Crippen molar-refractivity contribution in [1.82, 2.24) is 9.38 Å². The van der Waals surface area contributed by atoms with Crippen molar-refractivity contribution in [1.29, 1.82) is 0 Å².